The molecule has 0 spiro atoms. The number of rotatable bonds is 4. The molecule has 0 aliphatic carbocycles. The Bertz CT molecular complexity index is 528. The van der Waals surface area contributed by atoms with Gasteiger partial charge in [-0.15, -0.1) is 0 Å². The maximum absolute atomic E-state index is 5.86. The fourth-order valence-corrected chi connectivity index (χ4v) is 1.42. The molecule has 1 aromatic carbocycles. The molecule has 94 valence electrons. The van der Waals surface area contributed by atoms with E-state index in [1.165, 1.54) is 6.33 Å². The van der Waals surface area contributed by atoms with Crippen molar-refractivity contribution in [1.29, 1.82) is 0 Å². The number of ether oxygens (including phenoxy) is 2. The van der Waals surface area contributed by atoms with E-state index in [2.05, 4.69) is 15.3 Å². The summed E-state index contributed by atoms with van der Waals surface area (Å²) >= 11 is 0. The van der Waals surface area contributed by atoms with E-state index in [4.69, 9.17) is 15.2 Å². The molecule has 0 unspecified atom stereocenters. The van der Waals surface area contributed by atoms with Crippen LogP contribution in [0.2, 0.25) is 0 Å². The number of aromatic nitrogens is 2. The minimum Gasteiger partial charge on any atom is -0.497 e. The number of nitrogens with zero attached hydrogens (tertiary/aromatic N) is 2. The molecule has 6 heteroatoms. The highest BCUT2D eigenvalue weighted by molar-refractivity contribution is 5.66. The number of nitrogen functional groups attached to an aromatic ring is 1. The Kier molecular flexibility index (Phi) is 3.47. The minimum atomic E-state index is 0.319. The van der Waals surface area contributed by atoms with Gasteiger partial charge in [0.15, 0.2) is 5.82 Å². The Morgan fingerprint density at radius 3 is 2.39 bits per heavy atom. The van der Waals surface area contributed by atoms with Crippen molar-refractivity contribution >= 4 is 11.5 Å². The fourth-order valence-electron chi connectivity index (χ4n) is 1.42. The monoisotopic (exact) mass is 246 g/mol. The van der Waals surface area contributed by atoms with Gasteiger partial charge in [0.05, 0.1) is 7.11 Å². The fraction of sp³-hybridized carbons (Fsp3) is 0.167. The standard InChI is InChI=1S/C12H14N4O2/c1-14-11-10(13)12(16-7-15-11)18-9-5-3-8(17-2)4-6-9/h3-7H,13H2,1-2H3,(H,14,15,16). The van der Waals surface area contributed by atoms with Crippen LogP contribution in [0.3, 0.4) is 0 Å². The van der Waals surface area contributed by atoms with Crippen molar-refractivity contribution in [2.24, 2.45) is 0 Å². The number of methoxy groups -OCH3 is 1. The van der Waals surface area contributed by atoms with Crippen LogP contribution in [0.4, 0.5) is 11.5 Å². The quantitative estimate of drug-likeness (QED) is 0.857. The van der Waals surface area contributed by atoms with Crippen LogP contribution in [0.5, 0.6) is 17.4 Å². The van der Waals surface area contributed by atoms with Crippen molar-refractivity contribution in [2.75, 3.05) is 25.2 Å². The summed E-state index contributed by atoms with van der Waals surface area (Å²) in [6, 6.07) is 7.15. The normalized spacial score (nSPS) is 9.89. The van der Waals surface area contributed by atoms with E-state index in [0.29, 0.717) is 23.1 Å². The molecule has 0 bridgehead atoms. The minimum absolute atomic E-state index is 0.319. The lowest BCUT2D eigenvalue weighted by Gasteiger charge is -2.09. The van der Waals surface area contributed by atoms with Gasteiger partial charge in [0.1, 0.15) is 23.5 Å². The third kappa shape index (κ3) is 2.42. The Hall–Kier alpha value is -2.50. The van der Waals surface area contributed by atoms with E-state index in [1.807, 2.05) is 0 Å². The van der Waals surface area contributed by atoms with Crippen LogP contribution in [-0.4, -0.2) is 24.1 Å². The SMILES string of the molecule is CNc1ncnc(Oc2ccc(OC)cc2)c1N. The zero-order chi connectivity index (χ0) is 13.0. The first kappa shape index (κ1) is 12.0. The van der Waals surface area contributed by atoms with Gasteiger partial charge >= 0.3 is 0 Å². The van der Waals surface area contributed by atoms with Gasteiger partial charge in [-0.05, 0) is 24.3 Å². The molecule has 0 fully saturated rings. The van der Waals surface area contributed by atoms with Crippen LogP contribution in [0.15, 0.2) is 30.6 Å². The predicted molar refractivity (Wildman–Crippen MR) is 69.1 cm³/mol. The van der Waals surface area contributed by atoms with Crippen molar-refractivity contribution in [3.63, 3.8) is 0 Å². The molecule has 3 N–H and O–H groups in total. The van der Waals surface area contributed by atoms with Gasteiger partial charge in [-0.25, -0.2) is 4.98 Å². The summed E-state index contributed by atoms with van der Waals surface area (Å²) in [6.45, 7) is 0. The van der Waals surface area contributed by atoms with Crippen LogP contribution in [-0.2, 0) is 0 Å². The molecule has 2 aromatic rings. The Balaban J connectivity index is 2.22. The van der Waals surface area contributed by atoms with Crippen molar-refractivity contribution in [2.45, 2.75) is 0 Å². The summed E-state index contributed by atoms with van der Waals surface area (Å²) in [7, 11) is 3.34. The molecular weight excluding hydrogens is 232 g/mol. The first-order valence-electron chi connectivity index (χ1n) is 5.34. The molecular formula is C12H14N4O2. The second kappa shape index (κ2) is 5.22. The van der Waals surface area contributed by atoms with Crippen LogP contribution in [0.25, 0.3) is 0 Å². The summed E-state index contributed by atoms with van der Waals surface area (Å²) in [4.78, 5) is 7.97. The molecule has 2 rings (SSSR count). The van der Waals surface area contributed by atoms with Crippen LogP contribution < -0.4 is 20.5 Å². The smallest absolute Gasteiger partial charge is 0.248 e. The first-order chi connectivity index (χ1) is 8.74. The number of benzene rings is 1. The number of nitrogens with two attached hydrogens (primary N) is 1. The molecule has 0 saturated heterocycles. The average Bonchev–Trinajstić information content (AvgIpc) is 2.42. The Morgan fingerprint density at radius 1 is 1.11 bits per heavy atom. The molecule has 0 aliphatic heterocycles. The van der Waals surface area contributed by atoms with Crippen molar-refractivity contribution < 1.29 is 9.47 Å². The van der Waals surface area contributed by atoms with Crippen molar-refractivity contribution in [3.05, 3.63) is 30.6 Å². The Morgan fingerprint density at radius 2 is 1.78 bits per heavy atom. The predicted octanol–water partition coefficient (Wildman–Crippen LogP) is 1.90. The third-order valence-electron chi connectivity index (χ3n) is 2.36. The van der Waals surface area contributed by atoms with Gasteiger partial charge in [0, 0.05) is 7.05 Å². The number of nitrogens with one attached hydrogen (secondary N) is 1. The van der Waals surface area contributed by atoms with Gasteiger partial charge in [-0.2, -0.15) is 4.98 Å². The highest BCUT2D eigenvalue weighted by atomic mass is 16.5. The van der Waals surface area contributed by atoms with E-state index < -0.39 is 0 Å². The molecule has 18 heavy (non-hydrogen) atoms. The van der Waals surface area contributed by atoms with Gasteiger partial charge in [-0.1, -0.05) is 0 Å². The molecule has 0 amide bonds. The maximum atomic E-state index is 5.86. The average molecular weight is 246 g/mol. The molecule has 1 heterocycles. The highest BCUT2D eigenvalue weighted by Gasteiger charge is 2.08. The third-order valence-corrected chi connectivity index (χ3v) is 2.36. The van der Waals surface area contributed by atoms with Crippen LogP contribution >= 0.6 is 0 Å². The molecule has 0 aliphatic rings. The summed E-state index contributed by atoms with van der Waals surface area (Å²) in [5, 5.41) is 2.86. The van der Waals surface area contributed by atoms with Gasteiger partial charge in [0.2, 0.25) is 5.88 Å². The van der Waals surface area contributed by atoms with Crippen LogP contribution in [0, 0.1) is 0 Å². The van der Waals surface area contributed by atoms with Gasteiger partial charge in [0.25, 0.3) is 0 Å². The molecule has 0 atom stereocenters. The lowest BCUT2D eigenvalue weighted by atomic mass is 10.3. The summed E-state index contributed by atoms with van der Waals surface area (Å²) in [6.07, 6.45) is 1.39. The number of anilines is 2. The molecule has 0 saturated carbocycles. The van der Waals surface area contributed by atoms with Crippen LogP contribution in [0.1, 0.15) is 0 Å². The van der Waals surface area contributed by atoms with E-state index in [1.54, 1.807) is 38.4 Å². The topological polar surface area (TPSA) is 82.3 Å². The van der Waals surface area contributed by atoms with E-state index in [-0.39, 0.29) is 0 Å². The van der Waals surface area contributed by atoms with E-state index in [0.717, 1.165) is 5.75 Å². The van der Waals surface area contributed by atoms with Gasteiger partial charge < -0.3 is 20.5 Å². The number of hydrogen-bond acceptors (Lipinski definition) is 6. The lowest BCUT2D eigenvalue weighted by molar-refractivity contribution is 0.412. The second-order valence-electron chi connectivity index (χ2n) is 3.47. The largest absolute Gasteiger partial charge is 0.497 e. The second-order valence-corrected chi connectivity index (χ2v) is 3.47. The summed E-state index contributed by atoms with van der Waals surface area (Å²) in [5.74, 6) is 2.24. The number of hydrogen-bond donors (Lipinski definition) is 2. The summed E-state index contributed by atoms with van der Waals surface area (Å²) in [5.41, 5.74) is 6.23. The Labute approximate surface area is 105 Å². The van der Waals surface area contributed by atoms with Crippen molar-refractivity contribution in [1.82, 2.24) is 9.97 Å². The first-order valence-corrected chi connectivity index (χ1v) is 5.34. The van der Waals surface area contributed by atoms with E-state index >= 15 is 0 Å². The van der Waals surface area contributed by atoms with Crippen molar-refractivity contribution in [3.8, 4) is 17.4 Å². The zero-order valence-electron chi connectivity index (χ0n) is 10.2. The van der Waals surface area contributed by atoms with Gasteiger partial charge in [-0.3, -0.25) is 0 Å². The molecule has 6 nitrogen and oxygen atoms in total. The highest BCUT2D eigenvalue weighted by Crippen LogP contribution is 2.29. The summed E-state index contributed by atoms with van der Waals surface area (Å²) < 4.78 is 10.6. The maximum Gasteiger partial charge on any atom is 0.248 e. The lowest BCUT2D eigenvalue weighted by Crippen LogP contribution is -2.02. The molecule has 1 aromatic heterocycles. The van der Waals surface area contributed by atoms with E-state index in [9.17, 15) is 0 Å². The zero-order valence-corrected chi connectivity index (χ0v) is 10.2. The molecule has 0 radical (unpaired) electrons.